The van der Waals surface area contributed by atoms with Crippen molar-refractivity contribution in [3.05, 3.63) is 53.1 Å². The summed E-state index contributed by atoms with van der Waals surface area (Å²) in [6, 6.07) is 5.85. The number of carbonyl (C=O) groups is 1. The second-order valence-corrected chi connectivity index (χ2v) is 4.34. The first-order valence-electron chi connectivity index (χ1n) is 5.94. The Hall–Kier alpha value is -2.14. The van der Waals surface area contributed by atoms with Crippen LogP contribution in [0.2, 0.25) is 5.02 Å². The molecule has 0 aliphatic rings. The molecule has 2 aromatic rings. The van der Waals surface area contributed by atoms with Crippen molar-refractivity contribution < 1.29 is 13.9 Å². The van der Waals surface area contributed by atoms with Gasteiger partial charge in [0.05, 0.1) is 29.1 Å². The minimum absolute atomic E-state index is 0.0181. The zero-order chi connectivity index (χ0) is 14.5. The molecule has 0 atom stereocenters. The van der Waals surface area contributed by atoms with Crippen LogP contribution in [0.15, 0.2) is 36.7 Å². The van der Waals surface area contributed by atoms with Gasteiger partial charge in [-0.25, -0.2) is 9.18 Å². The number of halogens is 2. The highest BCUT2D eigenvalue weighted by Crippen LogP contribution is 2.22. The number of hydrogen-bond acceptors (Lipinski definition) is 4. The van der Waals surface area contributed by atoms with E-state index < -0.39 is 11.8 Å². The molecule has 6 heteroatoms. The first-order valence-corrected chi connectivity index (χ1v) is 6.32. The molecule has 0 unspecified atom stereocenters. The number of benzene rings is 1. The van der Waals surface area contributed by atoms with Gasteiger partial charge < -0.3 is 10.1 Å². The van der Waals surface area contributed by atoms with Gasteiger partial charge in [0.2, 0.25) is 0 Å². The van der Waals surface area contributed by atoms with Crippen molar-refractivity contribution in [2.45, 2.75) is 6.92 Å². The van der Waals surface area contributed by atoms with Crippen molar-refractivity contribution in [3.63, 3.8) is 0 Å². The maximum absolute atomic E-state index is 13.1. The largest absolute Gasteiger partial charge is 0.462 e. The number of aromatic nitrogens is 1. The Balaban J connectivity index is 2.19. The van der Waals surface area contributed by atoms with Crippen LogP contribution >= 0.6 is 11.6 Å². The number of rotatable bonds is 4. The van der Waals surface area contributed by atoms with E-state index >= 15 is 0 Å². The first-order chi connectivity index (χ1) is 9.60. The summed E-state index contributed by atoms with van der Waals surface area (Å²) in [6.07, 6.45) is 2.96. The third kappa shape index (κ3) is 3.45. The average molecular weight is 295 g/mol. The van der Waals surface area contributed by atoms with Crippen molar-refractivity contribution in [1.29, 1.82) is 0 Å². The van der Waals surface area contributed by atoms with Gasteiger partial charge >= 0.3 is 5.97 Å². The van der Waals surface area contributed by atoms with E-state index in [1.54, 1.807) is 19.2 Å². The van der Waals surface area contributed by atoms with E-state index in [-0.39, 0.29) is 5.02 Å². The van der Waals surface area contributed by atoms with Crippen molar-refractivity contribution in [2.75, 3.05) is 11.9 Å². The molecule has 0 fully saturated rings. The van der Waals surface area contributed by atoms with E-state index in [4.69, 9.17) is 16.3 Å². The zero-order valence-electron chi connectivity index (χ0n) is 10.7. The number of nitrogens with one attached hydrogen (secondary N) is 1. The quantitative estimate of drug-likeness (QED) is 0.872. The standard InChI is InChI=1S/C14H12ClFN2O2/c1-2-20-14(19)9-5-11(8-17-7-9)18-10-3-4-13(16)12(15)6-10/h3-8,18H,2H2,1H3. The minimum Gasteiger partial charge on any atom is -0.462 e. The molecular weight excluding hydrogens is 283 g/mol. The predicted octanol–water partition coefficient (Wildman–Crippen LogP) is 3.79. The van der Waals surface area contributed by atoms with E-state index in [0.29, 0.717) is 23.5 Å². The first kappa shape index (κ1) is 14.3. The van der Waals surface area contributed by atoms with E-state index in [9.17, 15) is 9.18 Å². The van der Waals surface area contributed by atoms with Gasteiger partial charge in [-0.1, -0.05) is 11.6 Å². The molecule has 2 rings (SSSR count). The fourth-order valence-electron chi connectivity index (χ4n) is 1.57. The number of nitrogens with zero attached hydrogens (tertiary/aromatic N) is 1. The Morgan fingerprint density at radius 1 is 1.35 bits per heavy atom. The average Bonchev–Trinajstić information content (AvgIpc) is 2.43. The molecule has 104 valence electrons. The summed E-state index contributed by atoms with van der Waals surface area (Å²) in [7, 11) is 0. The number of pyridine rings is 1. The second-order valence-electron chi connectivity index (χ2n) is 3.94. The van der Waals surface area contributed by atoms with E-state index in [2.05, 4.69) is 10.3 Å². The molecule has 4 nitrogen and oxygen atoms in total. The van der Waals surface area contributed by atoms with Gasteiger partial charge in [0, 0.05) is 11.9 Å². The van der Waals surface area contributed by atoms with Gasteiger partial charge in [0.25, 0.3) is 0 Å². The Bertz CT molecular complexity index is 634. The lowest BCUT2D eigenvalue weighted by Gasteiger charge is -2.08. The summed E-state index contributed by atoms with van der Waals surface area (Å²) >= 11 is 5.70. The van der Waals surface area contributed by atoms with Crippen LogP contribution in [0, 0.1) is 5.82 Å². The van der Waals surface area contributed by atoms with Crippen molar-refractivity contribution >= 4 is 28.9 Å². The van der Waals surface area contributed by atoms with Crippen molar-refractivity contribution in [3.8, 4) is 0 Å². The Kier molecular flexibility index (Phi) is 4.53. The van der Waals surface area contributed by atoms with Gasteiger partial charge in [-0.05, 0) is 31.2 Å². The minimum atomic E-state index is -0.490. The molecule has 1 N–H and O–H groups in total. The number of esters is 1. The highest BCUT2D eigenvalue weighted by molar-refractivity contribution is 6.31. The highest BCUT2D eigenvalue weighted by Gasteiger charge is 2.08. The highest BCUT2D eigenvalue weighted by atomic mass is 35.5. The van der Waals surface area contributed by atoms with Gasteiger partial charge in [0.1, 0.15) is 5.82 Å². The van der Waals surface area contributed by atoms with Gasteiger partial charge in [-0.3, -0.25) is 4.98 Å². The Labute approximate surface area is 120 Å². The number of ether oxygens (including phenoxy) is 1. The van der Waals surface area contributed by atoms with Crippen LogP contribution in [0.25, 0.3) is 0 Å². The molecule has 0 amide bonds. The van der Waals surface area contributed by atoms with Gasteiger partial charge in [-0.2, -0.15) is 0 Å². The maximum Gasteiger partial charge on any atom is 0.339 e. The summed E-state index contributed by atoms with van der Waals surface area (Å²) in [5.41, 5.74) is 1.52. The molecule has 0 saturated carbocycles. The third-order valence-electron chi connectivity index (χ3n) is 2.46. The van der Waals surface area contributed by atoms with E-state index in [0.717, 1.165) is 0 Å². The monoisotopic (exact) mass is 294 g/mol. The van der Waals surface area contributed by atoms with Crippen molar-refractivity contribution in [2.24, 2.45) is 0 Å². The van der Waals surface area contributed by atoms with Crippen LogP contribution < -0.4 is 5.32 Å². The lowest BCUT2D eigenvalue weighted by Crippen LogP contribution is -2.05. The molecule has 0 radical (unpaired) electrons. The summed E-state index contributed by atoms with van der Waals surface area (Å²) in [6.45, 7) is 2.03. The molecule has 0 spiro atoms. The molecule has 0 aliphatic carbocycles. The topological polar surface area (TPSA) is 51.2 Å². The summed E-state index contributed by atoms with van der Waals surface area (Å²) in [5, 5.41) is 3.01. The fourth-order valence-corrected chi connectivity index (χ4v) is 1.76. The fraction of sp³-hybridized carbons (Fsp3) is 0.143. The predicted molar refractivity (Wildman–Crippen MR) is 74.9 cm³/mol. The smallest absolute Gasteiger partial charge is 0.339 e. The van der Waals surface area contributed by atoms with E-state index in [1.165, 1.54) is 24.4 Å². The Morgan fingerprint density at radius 2 is 2.15 bits per heavy atom. The van der Waals surface area contributed by atoms with Crippen LogP contribution in [-0.2, 0) is 4.74 Å². The van der Waals surface area contributed by atoms with Crippen LogP contribution in [0.1, 0.15) is 17.3 Å². The molecule has 0 aliphatic heterocycles. The SMILES string of the molecule is CCOC(=O)c1cncc(Nc2ccc(F)c(Cl)c2)c1. The van der Waals surface area contributed by atoms with Gasteiger partial charge in [-0.15, -0.1) is 0 Å². The molecule has 20 heavy (non-hydrogen) atoms. The zero-order valence-corrected chi connectivity index (χ0v) is 11.4. The van der Waals surface area contributed by atoms with Crippen LogP contribution in [0.4, 0.5) is 15.8 Å². The molecule has 1 heterocycles. The van der Waals surface area contributed by atoms with E-state index in [1.807, 2.05) is 0 Å². The Morgan fingerprint density at radius 3 is 2.85 bits per heavy atom. The molecular formula is C14H12ClFN2O2. The lowest BCUT2D eigenvalue weighted by molar-refractivity contribution is 0.0526. The maximum atomic E-state index is 13.1. The summed E-state index contributed by atoms with van der Waals surface area (Å²) in [5.74, 6) is -0.934. The summed E-state index contributed by atoms with van der Waals surface area (Å²) in [4.78, 5) is 15.5. The number of carbonyl (C=O) groups excluding carboxylic acids is 1. The molecule has 0 bridgehead atoms. The molecule has 1 aromatic carbocycles. The van der Waals surface area contributed by atoms with Crippen LogP contribution in [0.5, 0.6) is 0 Å². The van der Waals surface area contributed by atoms with Crippen molar-refractivity contribution in [1.82, 2.24) is 4.98 Å². The normalized spacial score (nSPS) is 10.2. The molecule has 1 aromatic heterocycles. The lowest BCUT2D eigenvalue weighted by atomic mass is 10.2. The second kappa shape index (κ2) is 6.34. The summed E-state index contributed by atoms with van der Waals surface area (Å²) < 4.78 is 17.9. The van der Waals surface area contributed by atoms with Crippen LogP contribution in [0.3, 0.4) is 0 Å². The number of anilines is 2. The third-order valence-corrected chi connectivity index (χ3v) is 2.75. The van der Waals surface area contributed by atoms with Crippen LogP contribution in [-0.4, -0.2) is 17.6 Å². The molecule has 0 saturated heterocycles. The number of hydrogen-bond donors (Lipinski definition) is 1. The van der Waals surface area contributed by atoms with Gasteiger partial charge in [0.15, 0.2) is 0 Å².